The van der Waals surface area contributed by atoms with Crippen LogP contribution in [0.2, 0.25) is 0 Å². The Hall–Kier alpha value is -2.07. The van der Waals surface area contributed by atoms with Crippen molar-refractivity contribution in [2.75, 3.05) is 6.54 Å². The summed E-state index contributed by atoms with van der Waals surface area (Å²) in [4.78, 5) is 24.9. The lowest BCUT2D eigenvalue weighted by atomic mass is 10.2. The first-order chi connectivity index (χ1) is 8.60. The van der Waals surface area contributed by atoms with E-state index in [0.29, 0.717) is 25.1 Å². The highest BCUT2D eigenvalue weighted by molar-refractivity contribution is 7.10. The molecule has 2 N–H and O–H groups in total. The molecule has 0 radical (unpaired) electrons. The Morgan fingerprint density at radius 3 is 3.11 bits per heavy atom. The Kier molecular flexibility index (Phi) is 3.48. The lowest BCUT2D eigenvalue weighted by molar-refractivity contribution is -0.129. The molecule has 1 saturated heterocycles. The summed E-state index contributed by atoms with van der Waals surface area (Å²) in [6.45, 7) is 0.965. The van der Waals surface area contributed by atoms with E-state index in [4.69, 9.17) is 10.4 Å². The lowest BCUT2D eigenvalue weighted by Gasteiger charge is -2.15. The predicted octanol–water partition coefficient (Wildman–Crippen LogP) is 0.988. The third-order valence-electron chi connectivity index (χ3n) is 2.72. The van der Waals surface area contributed by atoms with Gasteiger partial charge in [-0.15, -0.1) is 11.3 Å². The van der Waals surface area contributed by atoms with Gasteiger partial charge in [-0.05, 0) is 12.5 Å². The third kappa shape index (κ3) is 2.60. The summed E-state index contributed by atoms with van der Waals surface area (Å²) in [5.41, 5.74) is 0.585. The fraction of sp³-hybridized carbons (Fsp3) is 0.364. The average Bonchev–Trinajstić information content (AvgIpc) is 2.90. The van der Waals surface area contributed by atoms with Gasteiger partial charge in [0.25, 0.3) is 0 Å². The zero-order valence-corrected chi connectivity index (χ0v) is 10.2. The van der Waals surface area contributed by atoms with E-state index in [9.17, 15) is 9.59 Å². The average molecular weight is 265 g/mol. The first-order valence-corrected chi connectivity index (χ1v) is 6.24. The van der Waals surface area contributed by atoms with E-state index < -0.39 is 12.1 Å². The van der Waals surface area contributed by atoms with Crippen molar-refractivity contribution in [2.45, 2.75) is 19.0 Å². The molecule has 2 rings (SSSR count). The number of amides is 2. The molecule has 0 aromatic carbocycles. The minimum absolute atomic E-state index is 0.204. The molecule has 1 atom stereocenters. The maximum absolute atomic E-state index is 11.9. The number of hydrogen-bond acceptors (Lipinski definition) is 4. The zero-order valence-electron chi connectivity index (χ0n) is 9.42. The van der Waals surface area contributed by atoms with Crippen LogP contribution in [0.25, 0.3) is 0 Å². The number of hydrogen-bond donors (Lipinski definition) is 2. The summed E-state index contributed by atoms with van der Waals surface area (Å²) in [5.74, 6) is -0.204. The van der Waals surface area contributed by atoms with E-state index in [2.05, 4.69) is 5.32 Å². The Balaban J connectivity index is 1.97. The molecule has 94 valence electrons. The largest absolute Gasteiger partial charge is 0.465 e. The quantitative estimate of drug-likeness (QED) is 0.852. The van der Waals surface area contributed by atoms with Crippen LogP contribution in [-0.4, -0.2) is 34.6 Å². The molecule has 2 amide bonds. The van der Waals surface area contributed by atoms with Gasteiger partial charge in [-0.3, -0.25) is 4.79 Å². The summed E-state index contributed by atoms with van der Waals surface area (Å²) in [6.07, 6.45) is -0.695. The van der Waals surface area contributed by atoms with E-state index >= 15 is 0 Å². The van der Waals surface area contributed by atoms with Crippen molar-refractivity contribution in [1.29, 1.82) is 5.26 Å². The first kappa shape index (κ1) is 12.4. The van der Waals surface area contributed by atoms with Crippen molar-refractivity contribution in [3.63, 3.8) is 0 Å². The van der Waals surface area contributed by atoms with Crippen LogP contribution >= 0.6 is 11.3 Å². The smallest absolute Gasteiger partial charge is 0.405 e. The van der Waals surface area contributed by atoms with Gasteiger partial charge in [-0.25, -0.2) is 4.79 Å². The zero-order chi connectivity index (χ0) is 13.1. The molecule has 0 aliphatic carbocycles. The summed E-state index contributed by atoms with van der Waals surface area (Å²) in [6, 6.07) is 3.14. The molecule has 6 nitrogen and oxygen atoms in total. The number of nitrogens with zero attached hydrogens (tertiary/aromatic N) is 2. The number of carbonyl (C=O) groups is 2. The van der Waals surface area contributed by atoms with Crippen molar-refractivity contribution in [1.82, 2.24) is 10.2 Å². The maximum Gasteiger partial charge on any atom is 0.405 e. The molecule has 0 saturated carbocycles. The number of rotatable bonds is 3. The number of carboxylic acid groups (broad SMARTS) is 1. The molecule has 1 aliphatic rings. The highest BCUT2D eigenvalue weighted by Gasteiger charge is 2.32. The molecule has 1 aliphatic heterocycles. The molecule has 18 heavy (non-hydrogen) atoms. The lowest BCUT2D eigenvalue weighted by Crippen LogP contribution is -2.40. The van der Waals surface area contributed by atoms with Gasteiger partial charge in [-0.2, -0.15) is 5.26 Å². The number of carbonyl (C=O) groups excluding carboxylic acids is 1. The van der Waals surface area contributed by atoms with E-state index in [1.54, 1.807) is 16.3 Å². The van der Waals surface area contributed by atoms with Crippen LogP contribution in [0.5, 0.6) is 0 Å². The topological polar surface area (TPSA) is 93.4 Å². The molecule has 1 unspecified atom stereocenters. The Morgan fingerprint density at radius 2 is 2.50 bits per heavy atom. The van der Waals surface area contributed by atoms with Crippen molar-refractivity contribution in [2.24, 2.45) is 0 Å². The Bertz CT molecular complexity index is 520. The number of likely N-dealkylation sites (tertiary alicyclic amines) is 1. The van der Waals surface area contributed by atoms with E-state index in [-0.39, 0.29) is 5.91 Å². The first-order valence-electron chi connectivity index (χ1n) is 5.36. The minimum Gasteiger partial charge on any atom is -0.465 e. The van der Waals surface area contributed by atoms with Gasteiger partial charge >= 0.3 is 6.09 Å². The minimum atomic E-state index is -1.18. The van der Waals surface area contributed by atoms with Crippen LogP contribution in [-0.2, 0) is 11.3 Å². The fourth-order valence-corrected chi connectivity index (χ4v) is 2.71. The van der Waals surface area contributed by atoms with E-state index in [0.717, 1.165) is 4.88 Å². The van der Waals surface area contributed by atoms with E-state index in [1.807, 2.05) is 6.07 Å². The summed E-state index contributed by atoms with van der Waals surface area (Å²) < 4.78 is 0. The molecule has 0 bridgehead atoms. The highest BCUT2D eigenvalue weighted by atomic mass is 32.1. The van der Waals surface area contributed by atoms with Crippen LogP contribution < -0.4 is 5.32 Å². The Morgan fingerprint density at radius 1 is 1.72 bits per heavy atom. The van der Waals surface area contributed by atoms with Crippen molar-refractivity contribution in [3.05, 3.63) is 21.9 Å². The van der Waals surface area contributed by atoms with Crippen molar-refractivity contribution < 1.29 is 14.7 Å². The normalized spacial score (nSPS) is 18.7. The second-order valence-corrected chi connectivity index (χ2v) is 4.96. The Labute approximate surface area is 107 Å². The van der Waals surface area contributed by atoms with Gasteiger partial charge in [0.2, 0.25) is 5.91 Å². The van der Waals surface area contributed by atoms with Gasteiger partial charge in [0, 0.05) is 16.8 Å². The van der Waals surface area contributed by atoms with Gasteiger partial charge in [0.05, 0.1) is 12.1 Å². The van der Waals surface area contributed by atoms with Crippen LogP contribution in [0.1, 0.15) is 16.9 Å². The fourth-order valence-electron chi connectivity index (χ4n) is 1.89. The van der Waals surface area contributed by atoms with Gasteiger partial charge in [-0.1, -0.05) is 0 Å². The highest BCUT2D eigenvalue weighted by Crippen LogP contribution is 2.20. The summed E-state index contributed by atoms with van der Waals surface area (Å²) >= 11 is 1.43. The predicted molar refractivity (Wildman–Crippen MR) is 64.0 cm³/mol. The monoisotopic (exact) mass is 265 g/mol. The number of nitriles is 1. The molecule has 0 spiro atoms. The number of thiophene rings is 1. The summed E-state index contributed by atoms with van der Waals surface area (Å²) in [5, 5.41) is 21.2. The molecule has 2 heterocycles. The molecular formula is C11H11N3O3S. The standard InChI is InChI=1S/C11H11N3O3S/c12-4-7-3-8(18-6-7)5-14-2-1-9(10(14)15)13-11(16)17/h3,6,9,13H,1-2,5H2,(H,16,17). The third-order valence-corrected chi connectivity index (χ3v) is 3.65. The molecule has 1 aromatic heterocycles. The maximum atomic E-state index is 11.9. The van der Waals surface area contributed by atoms with Crippen LogP contribution in [0.4, 0.5) is 4.79 Å². The molecule has 1 aromatic rings. The molecular weight excluding hydrogens is 254 g/mol. The van der Waals surface area contributed by atoms with Gasteiger partial charge < -0.3 is 15.3 Å². The second-order valence-electron chi connectivity index (χ2n) is 3.96. The SMILES string of the molecule is N#Cc1csc(CN2CCC(NC(=O)O)C2=O)c1. The van der Waals surface area contributed by atoms with Crippen molar-refractivity contribution >= 4 is 23.3 Å². The summed E-state index contributed by atoms with van der Waals surface area (Å²) in [7, 11) is 0. The second kappa shape index (κ2) is 5.06. The van der Waals surface area contributed by atoms with Gasteiger partial charge in [0.1, 0.15) is 12.1 Å². The van der Waals surface area contributed by atoms with Crippen LogP contribution in [0.3, 0.4) is 0 Å². The molecule has 7 heteroatoms. The van der Waals surface area contributed by atoms with Gasteiger partial charge in [0.15, 0.2) is 0 Å². The van der Waals surface area contributed by atoms with Crippen LogP contribution in [0, 0.1) is 11.3 Å². The van der Waals surface area contributed by atoms with E-state index in [1.165, 1.54) is 11.3 Å². The number of nitrogens with one attached hydrogen (secondary N) is 1. The van der Waals surface area contributed by atoms with Crippen LogP contribution in [0.15, 0.2) is 11.4 Å². The molecule has 1 fully saturated rings. The van der Waals surface area contributed by atoms with Crippen molar-refractivity contribution in [3.8, 4) is 6.07 Å².